The first-order chi connectivity index (χ1) is 8.02. The van der Waals surface area contributed by atoms with E-state index in [1.807, 2.05) is 6.92 Å². The fourth-order valence-electron chi connectivity index (χ4n) is 2.45. The van der Waals surface area contributed by atoms with Crippen LogP contribution in [0.1, 0.15) is 36.0 Å². The molecule has 1 aliphatic rings. The first-order valence-electron chi connectivity index (χ1n) is 5.60. The first-order valence-corrected chi connectivity index (χ1v) is 5.98. The minimum absolute atomic E-state index is 0.200. The minimum Gasteiger partial charge on any atom is -0.507 e. The van der Waals surface area contributed by atoms with Crippen molar-refractivity contribution in [3.63, 3.8) is 0 Å². The summed E-state index contributed by atoms with van der Waals surface area (Å²) < 4.78 is 0. The molecule has 1 saturated carbocycles. The smallest absolute Gasteiger partial charge is 0.235 e. The number of phenolic OH excluding ortho intramolecular Hbond substituents is 1. The molecule has 0 atom stereocenters. The Labute approximate surface area is 105 Å². The van der Waals surface area contributed by atoms with Crippen LogP contribution in [0.4, 0.5) is 0 Å². The Bertz CT molecular complexity index is 488. The van der Waals surface area contributed by atoms with Crippen LogP contribution in [0.15, 0.2) is 11.1 Å². The third-order valence-corrected chi connectivity index (χ3v) is 3.99. The number of nitrogens with zero attached hydrogens (tertiary/aromatic N) is 1. The Hall–Kier alpha value is -1.31. The molecule has 0 spiro atoms. The van der Waals surface area contributed by atoms with Gasteiger partial charge in [0.25, 0.3) is 0 Å². The van der Waals surface area contributed by atoms with Gasteiger partial charge in [0.05, 0.1) is 0 Å². The molecule has 0 aromatic heterocycles. The van der Waals surface area contributed by atoms with Crippen molar-refractivity contribution in [3.8, 4) is 5.75 Å². The molecule has 17 heavy (non-hydrogen) atoms. The van der Waals surface area contributed by atoms with Crippen molar-refractivity contribution < 1.29 is 9.90 Å². The summed E-state index contributed by atoms with van der Waals surface area (Å²) in [7, 11) is 0. The molecule has 4 heteroatoms. The fraction of sp³-hybridized carbons (Fsp3) is 0.462. The lowest BCUT2D eigenvalue weighted by molar-refractivity contribution is 0.246. The largest absolute Gasteiger partial charge is 0.507 e. The molecule has 1 aromatic rings. The number of benzene rings is 1. The van der Waals surface area contributed by atoms with Gasteiger partial charge < -0.3 is 5.11 Å². The molecule has 0 heterocycles. The number of aromatic hydroxyl groups is 1. The second-order valence-corrected chi connectivity index (χ2v) is 5.02. The molecule has 1 aliphatic carbocycles. The lowest BCUT2D eigenvalue weighted by Crippen LogP contribution is -2.33. The Morgan fingerprint density at radius 1 is 1.47 bits per heavy atom. The highest BCUT2D eigenvalue weighted by Crippen LogP contribution is 2.51. The molecule has 1 aromatic carbocycles. The molecular formula is C13H14ClNO2. The predicted octanol–water partition coefficient (Wildman–Crippen LogP) is 3.38. The highest BCUT2D eigenvalue weighted by Gasteiger charge is 2.42. The van der Waals surface area contributed by atoms with Crippen LogP contribution in [0.2, 0.25) is 5.02 Å². The number of phenols is 1. The van der Waals surface area contributed by atoms with E-state index < -0.39 is 5.54 Å². The van der Waals surface area contributed by atoms with Gasteiger partial charge in [0.15, 0.2) is 0 Å². The molecule has 90 valence electrons. The first kappa shape index (κ1) is 12.2. The average molecular weight is 252 g/mol. The summed E-state index contributed by atoms with van der Waals surface area (Å²) in [5, 5.41) is 10.8. The zero-order valence-electron chi connectivity index (χ0n) is 9.88. The normalized spacial score (nSPS) is 17.1. The van der Waals surface area contributed by atoms with Crippen molar-refractivity contribution in [1.29, 1.82) is 0 Å². The predicted molar refractivity (Wildman–Crippen MR) is 66.2 cm³/mol. The van der Waals surface area contributed by atoms with E-state index in [9.17, 15) is 9.90 Å². The van der Waals surface area contributed by atoms with Gasteiger partial charge >= 0.3 is 0 Å². The van der Waals surface area contributed by atoms with E-state index in [1.54, 1.807) is 19.1 Å². The SMILES string of the molecule is Cc1cc(Cl)c(C)c(C2(N=C=O)CCC2)c1O. The summed E-state index contributed by atoms with van der Waals surface area (Å²) in [5.41, 5.74) is 1.60. The number of aryl methyl sites for hydroxylation is 1. The van der Waals surface area contributed by atoms with Crippen molar-refractivity contribution in [2.24, 2.45) is 4.99 Å². The summed E-state index contributed by atoms with van der Waals surface area (Å²) in [4.78, 5) is 14.5. The van der Waals surface area contributed by atoms with Gasteiger partial charge in [-0.3, -0.25) is 0 Å². The fourth-order valence-corrected chi connectivity index (χ4v) is 2.71. The summed E-state index contributed by atoms with van der Waals surface area (Å²) >= 11 is 6.13. The van der Waals surface area contributed by atoms with Gasteiger partial charge in [-0.1, -0.05) is 11.6 Å². The third kappa shape index (κ3) is 1.76. The van der Waals surface area contributed by atoms with Crippen molar-refractivity contribution in [1.82, 2.24) is 0 Å². The van der Waals surface area contributed by atoms with E-state index in [0.29, 0.717) is 16.1 Å². The Balaban J connectivity index is 2.69. The zero-order chi connectivity index (χ0) is 12.6. The lowest BCUT2D eigenvalue weighted by Gasteiger charge is -2.39. The maximum atomic E-state index is 10.6. The average Bonchev–Trinajstić information content (AvgIpc) is 2.23. The Morgan fingerprint density at radius 2 is 2.12 bits per heavy atom. The molecular weight excluding hydrogens is 238 g/mol. The van der Waals surface area contributed by atoms with Gasteiger partial charge in [-0.25, -0.2) is 4.79 Å². The lowest BCUT2D eigenvalue weighted by atomic mass is 9.70. The number of hydrogen-bond donors (Lipinski definition) is 1. The van der Waals surface area contributed by atoms with Crippen LogP contribution in [-0.2, 0) is 10.3 Å². The quantitative estimate of drug-likeness (QED) is 0.647. The number of halogens is 1. The molecule has 0 radical (unpaired) electrons. The van der Waals surface area contributed by atoms with Crippen molar-refractivity contribution in [2.45, 2.75) is 38.6 Å². The monoisotopic (exact) mass is 251 g/mol. The highest BCUT2D eigenvalue weighted by molar-refractivity contribution is 6.31. The van der Waals surface area contributed by atoms with Crippen LogP contribution in [-0.4, -0.2) is 11.2 Å². The Kier molecular flexibility index (Phi) is 2.98. The number of rotatable bonds is 2. The van der Waals surface area contributed by atoms with E-state index in [0.717, 1.165) is 24.8 Å². The molecule has 0 amide bonds. The number of carbonyl (C=O) groups excluding carboxylic acids is 1. The molecule has 1 fully saturated rings. The standard InChI is InChI=1S/C13H14ClNO2/c1-8-6-10(14)9(2)11(12(8)17)13(15-7-16)4-3-5-13/h6,17H,3-5H2,1-2H3. The molecule has 1 N–H and O–H groups in total. The third-order valence-electron chi connectivity index (χ3n) is 3.59. The van der Waals surface area contributed by atoms with Crippen molar-refractivity contribution in [3.05, 3.63) is 27.8 Å². The van der Waals surface area contributed by atoms with E-state index in [2.05, 4.69) is 4.99 Å². The molecule has 3 nitrogen and oxygen atoms in total. The van der Waals surface area contributed by atoms with Crippen LogP contribution in [0.25, 0.3) is 0 Å². The summed E-state index contributed by atoms with van der Waals surface area (Å²) in [6.45, 7) is 3.64. The van der Waals surface area contributed by atoms with Crippen LogP contribution < -0.4 is 0 Å². The molecule has 2 rings (SSSR count). The number of hydrogen-bond acceptors (Lipinski definition) is 3. The molecule has 0 aliphatic heterocycles. The zero-order valence-corrected chi connectivity index (χ0v) is 10.6. The maximum absolute atomic E-state index is 10.6. The molecule has 0 bridgehead atoms. The molecule has 0 unspecified atom stereocenters. The van der Waals surface area contributed by atoms with Crippen LogP contribution in [0.3, 0.4) is 0 Å². The van der Waals surface area contributed by atoms with Gasteiger partial charge in [-0.05, 0) is 50.3 Å². The molecule has 0 saturated heterocycles. The second kappa shape index (κ2) is 4.17. The minimum atomic E-state index is -0.606. The number of aliphatic imine (C=N–C) groups is 1. The number of isocyanates is 1. The second-order valence-electron chi connectivity index (χ2n) is 4.61. The summed E-state index contributed by atoms with van der Waals surface area (Å²) in [5.74, 6) is 0.200. The summed E-state index contributed by atoms with van der Waals surface area (Å²) in [6, 6.07) is 1.73. The van der Waals surface area contributed by atoms with Gasteiger partial charge in [0.1, 0.15) is 11.3 Å². The van der Waals surface area contributed by atoms with Gasteiger partial charge in [0.2, 0.25) is 6.08 Å². The van der Waals surface area contributed by atoms with Crippen molar-refractivity contribution >= 4 is 17.7 Å². The highest BCUT2D eigenvalue weighted by atomic mass is 35.5. The van der Waals surface area contributed by atoms with E-state index in [4.69, 9.17) is 11.6 Å². The van der Waals surface area contributed by atoms with Gasteiger partial charge in [-0.2, -0.15) is 4.99 Å². The van der Waals surface area contributed by atoms with E-state index in [1.165, 1.54) is 0 Å². The summed E-state index contributed by atoms with van der Waals surface area (Å²) in [6.07, 6.45) is 4.14. The van der Waals surface area contributed by atoms with Crippen LogP contribution >= 0.6 is 11.6 Å². The van der Waals surface area contributed by atoms with Crippen LogP contribution in [0, 0.1) is 13.8 Å². The van der Waals surface area contributed by atoms with E-state index >= 15 is 0 Å². The topological polar surface area (TPSA) is 49.7 Å². The van der Waals surface area contributed by atoms with Crippen LogP contribution in [0.5, 0.6) is 5.75 Å². The van der Waals surface area contributed by atoms with Gasteiger partial charge in [0, 0.05) is 10.6 Å². The van der Waals surface area contributed by atoms with Crippen molar-refractivity contribution in [2.75, 3.05) is 0 Å². The van der Waals surface area contributed by atoms with Gasteiger partial charge in [-0.15, -0.1) is 0 Å². The van der Waals surface area contributed by atoms with E-state index in [-0.39, 0.29) is 5.75 Å². The maximum Gasteiger partial charge on any atom is 0.235 e. The Morgan fingerprint density at radius 3 is 2.59 bits per heavy atom.